The zero-order chi connectivity index (χ0) is 26.8. The van der Waals surface area contributed by atoms with E-state index in [0.29, 0.717) is 10.9 Å². The van der Waals surface area contributed by atoms with E-state index in [0.717, 1.165) is 10.6 Å². The second-order valence-electron chi connectivity index (χ2n) is 9.75. The molecule has 1 fully saturated rings. The highest BCUT2D eigenvalue weighted by Crippen LogP contribution is 2.50. The molecule has 4 rings (SSSR count). The number of benzene rings is 1. The van der Waals surface area contributed by atoms with E-state index >= 15 is 0 Å². The van der Waals surface area contributed by atoms with E-state index in [9.17, 15) is 36.2 Å². The average molecular weight is 514 g/mol. The van der Waals surface area contributed by atoms with Crippen LogP contribution in [0.5, 0.6) is 0 Å². The van der Waals surface area contributed by atoms with Crippen LogP contribution in [0.25, 0.3) is 10.9 Å². The van der Waals surface area contributed by atoms with Gasteiger partial charge in [-0.15, -0.1) is 0 Å². The zero-order valence-electron chi connectivity index (χ0n) is 19.8. The zero-order valence-corrected chi connectivity index (χ0v) is 19.8. The van der Waals surface area contributed by atoms with E-state index in [1.54, 1.807) is 26.8 Å². The summed E-state index contributed by atoms with van der Waals surface area (Å²) < 4.78 is 80.8. The van der Waals surface area contributed by atoms with Crippen LogP contribution < -0.4 is 10.9 Å². The minimum Gasteiger partial charge on any atom is -0.380 e. The minimum absolute atomic E-state index is 0.0374. The largest absolute Gasteiger partial charge is 0.417 e. The SMILES string of the molecule is Cc1nc(NC(C)(C)c2cccc(C(F)(F)F)c2C)c2cn([C@H]3C[C@](O)(C(F)(F)F)C3)c(=O)cc2n1. The van der Waals surface area contributed by atoms with Gasteiger partial charge in [0.15, 0.2) is 5.60 Å². The van der Waals surface area contributed by atoms with Crippen molar-refractivity contribution in [3.05, 3.63) is 63.3 Å². The van der Waals surface area contributed by atoms with E-state index in [-0.39, 0.29) is 22.7 Å². The van der Waals surface area contributed by atoms with Crippen LogP contribution >= 0.6 is 0 Å². The number of fused-ring (bicyclic) bond motifs is 1. The first kappa shape index (κ1) is 25.9. The molecule has 2 N–H and O–H groups in total. The molecule has 1 aromatic carbocycles. The lowest BCUT2D eigenvalue weighted by atomic mass is 9.75. The van der Waals surface area contributed by atoms with Gasteiger partial charge in [0, 0.05) is 31.1 Å². The van der Waals surface area contributed by atoms with Gasteiger partial charge in [-0.05, 0) is 44.9 Å². The molecule has 1 aliphatic rings. The minimum atomic E-state index is -4.82. The standard InChI is InChI=1S/C24H24F6N4O2/c1-12-16(6-5-7-17(12)23(25,26)27)21(3,4)33-20-15-11-34(14-9-22(36,10-14)24(28,29)30)19(35)8-18(15)31-13(2)32-20/h5-8,11,14,36H,9-10H2,1-4H3,(H,31,32,33)/t14-,22+. The Labute approximate surface area is 202 Å². The fraction of sp³-hybridized carbons (Fsp3) is 0.458. The average Bonchev–Trinajstić information content (AvgIpc) is 2.69. The molecule has 2 heterocycles. The highest BCUT2D eigenvalue weighted by atomic mass is 19.4. The Hall–Kier alpha value is -3.15. The molecule has 0 aliphatic heterocycles. The fourth-order valence-electron chi connectivity index (χ4n) is 4.75. The quantitative estimate of drug-likeness (QED) is 0.456. The van der Waals surface area contributed by atoms with Crippen LogP contribution in [0.1, 0.15) is 55.2 Å². The molecule has 194 valence electrons. The van der Waals surface area contributed by atoms with E-state index in [2.05, 4.69) is 15.3 Å². The second kappa shape index (κ2) is 8.19. The number of anilines is 1. The molecule has 0 spiro atoms. The first-order chi connectivity index (χ1) is 16.4. The molecule has 12 heteroatoms. The number of nitrogens with zero attached hydrogens (tertiary/aromatic N) is 3. The lowest BCUT2D eigenvalue weighted by Gasteiger charge is -2.45. The molecule has 36 heavy (non-hydrogen) atoms. The van der Waals surface area contributed by atoms with Crippen LogP contribution in [-0.4, -0.2) is 31.4 Å². The molecule has 2 aromatic heterocycles. The normalized spacial score (nSPS) is 20.9. The topological polar surface area (TPSA) is 80.0 Å². The van der Waals surface area contributed by atoms with Crippen molar-refractivity contribution in [1.82, 2.24) is 14.5 Å². The molecule has 0 saturated heterocycles. The van der Waals surface area contributed by atoms with Crippen molar-refractivity contribution >= 4 is 16.7 Å². The number of nitrogens with one attached hydrogen (secondary N) is 1. The van der Waals surface area contributed by atoms with Gasteiger partial charge >= 0.3 is 12.4 Å². The van der Waals surface area contributed by atoms with Crippen LogP contribution in [0.2, 0.25) is 0 Å². The smallest absolute Gasteiger partial charge is 0.380 e. The number of aromatic nitrogens is 3. The molecule has 0 bridgehead atoms. The monoisotopic (exact) mass is 514 g/mol. The second-order valence-corrected chi connectivity index (χ2v) is 9.75. The molecular formula is C24H24F6N4O2. The van der Waals surface area contributed by atoms with Crippen LogP contribution in [0, 0.1) is 13.8 Å². The fourth-order valence-corrected chi connectivity index (χ4v) is 4.75. The van der Waals surface area contributed by atoms with Crippen LogP contribution in [0.3, 0.4) is 0 Å². The maximum absolute atomic E-state index is 13.5. The molecule has 0 atom stereocenters. The molecule has 0 radical (unpaired) electrons. The predicted molar refractivity (Wildman–Crippen MR) is 121 cm³/mol. The molecule has 0 unspecified atom stereocenters. The van der Waals surface area contributed by atoms with Crippen LogP contribution in [-0.2, 0) is 11.7 Å². The Morgan fingerprint density at radius 2 is 1.67 bits per heavy atom. The third-order valence-corrected chi connectivity index (χ3v) is 6.68. The summed E-state index contributed by atoms with van der Waals surface area (Å²) in [5, 5.41) is 13.2. The Bertz CT molecular complexity index is 1390. The van der Waals surface area contributed by atoms with Crippen LogP contribution in [0.4, 0.5) is 32.2 Å². The highest BCUT2D eigenvalue weighted by molar-refractivity contribution is 5.88. The maximum atomic E-state index is 13.5. The number of rotatable bonds is 4. The molecule has 1 aliphatic carbocycles. The van der Waals surface area contributed by atoms with Gasteiger partial charge in [0.05, 0.1) is 22.0 Å². The molecule has 1 saturated carbocycles. The van der Waals surface area contributed by atoms with E-state index in [1.807, 2.05) is 0 Å². The van der Waals surface area contributed by atoms with Gasteiger partial charge in [0.1, 0.15) is 11.6 Å². The number of aryl methyl sites for hydroxylation is 1. The van der Waals surface area contributed by atoms with Crippen LogP contribution in [0.15, 0.2) is 35.3 Å². The number of hydrogen-bond donors (Lipinski definition) is 2. The van der Waals surface area contributed by atoms with Crippen molar-refractivity contribution in [2.24, 2.45) is 0 Å². The lowest BCUT2D eigenvalue weighted by molar-refractivity contribution is -0.296. The Kier molecular flexibility index (Phi) is 5.90. The van der Waals surface area contributed by atoms with Gasteiger partial charge in [-0.3, -0.25) is 4.79 Å². The Morgan fingerprint density at radius 3 is 2.25 bits per heavy atom. The van der Waals surface area contributed by atoms with Gasteiger partial charge in [-0.2, -0.15) is 26.3 Å². The highest BCUT2D eigenvalue weighted by Gasteiger charge is 2.61. The summed E-state index contributed by atoms with van der Waals surface area (Å²) in [5.41, 5.74) is -4.65. The van der Waals surface area contributed by atoms with E-state index in [1.165, 1.54) is 25.3 Å². The maximum Gasteiger partial charge on any atom is 0.417 e. The molecule has 0 amide bonds. The van der Waals surface area contributed by atoms with Crippen molar-refractivity contribution in [3.8, 4) is 0 Å². The summed E-state index contributed by atoms with van der Waals surface area (Å²) in [7, 11) is 0. The van der Waals surface area contributed by atoms with E-state index < -0.39 is 53.5 Å². The summed E-state index contributed by atoms with van der Waals surface area (Å²) in [6, 6.07) is 4.16. The summed E-state index contributed by atoms with van der Waals surface area (Å²) >= 11 is 0. The Balaban J connectivity index is 1.76. The van der Waals surface area contributed by atoms with Gasteiger partial charge in [0.2, 0.25) is 0 Å². The first-order valence-electron chi connectivity index (χ1n) is 11.1. The predicted octanol–water partition coefficient (Wildman–Crippen LogP) is 5.40. The van der Waals surface area contributed by atoms with Gasteiger partial charge < -0.3 is 15.0 Å². The molecule has 6 nitrogen and oxygen atoms in total. The van der Waals surface area contributed by atoms with Gasteiger partial charge in [0.25, 0.3) is 5.56 Å². The van der Waals surface area contributed by atoms with Crippen molar-refractivity contribution in [3.63, 3.8) is 0 Å². The Morgan fingerprint density at radius 1 is 1.06 bits per heavy atom. The number of aliphatic hydroxyl groups is 1. The van der Waals surface area contributed by atoms with Crippen molar-refractivity contribution in [1.29, 1.82) is 0 Å². The number of alkyl halides is 6. The summed E-state index contributed by atoms with van der Waals surface area (Å²) in [6.45, 7) is 6.29. The van der Waals surface area contributed by atoms with Gasteiger partial charge in [-0.1, -0.05) is 12.1 Å². The van der Waals surface area contributed by atoms with E-state index in [4.69, 9.17) is 0 Å². The van der Waals surface area contributed by atoms with Gasteiger partial charge in [-0.25, -0.2) is 9.97 Å². The first-order valence-corrected chi connectivity index (χ1v) is 11.1. The molecular weight excluding hydrogens is 490 g/mol. The van der Waals surface area contributed by atoms with Crippen molar-refractivity contribution in [2.75, 3.05) is 5.32 Å². The molecule has 3 aromatic rings. The summed E-state index contributed by atoms with van der Waals surface area (Å²) in [6.07, 6.45) is -9.37. The third kappa shape index (κ3) is 4.42. The number of pyridine rings is 1. The number of hydrogen-bond acceptors (Lipinski definition) is 5. The number of halogens is 6. The lowest BCUT2D eigenvalue weighted by Crippen LogP contribution is -2.56. The third-order valence-electron chi connectivity index (χ3n) is 6.68. The van der Waals surface area contributed by atoms with Crippen molar-refractivity contribution < 1.29 is 31.4 Å². The summed E-state index contributed by atoms with van der Waals surface area (Å²) in [5.74, 6) is 0.493. The summed E-state index contributed by atoms with van der Waals surface area (Å²) in [4.78, 5) is 21.2. The van der Waals surface area contributed by atoms with Crippen molar-refractivity contribution in [2.45, 2.75) is 70.1 Å².